The zero-order valence-electron chi connectivity index (χ0n) is 17.7. The Labute approximate surface area is 194 Å². The van der Waals surface area contributed by atoms with E-state index in [1.807, 2.05) is 12.1 Å². The van der Waals surface area contributed by atoms with Gasteiger partial charge >= 0.3 is 0 Å². The van der Waals surface area contributed by atoms with Gasteiger partial charge < -0.3 is 14.2 Å². The highest BCUT2D eigenvalue weighted by Gasteiger charge is 2.24. The molecule has 0 atom stereocenters. The van der Waals surface area contributed by atoms with Crippen molar-refractivity contribution in [2.24, 2.45) is 0 Å². The third-order valence-electron chi connectivity index (χ3n) is 4.84. The lowest BCUT2D eigenvalue weighted by Crippen LogP contribution is -2.30. The van der Waals surface area contributed by atoms with Crippen LogP contribution in [0.1, 0.15) is 15.9 Å². The first-order chi connectivity index (χ1) is 15.5. The van der Waals surface area contributed by atoms with E-state index in [4.69, 9.17) is 30.8 Å². The SMILES string of the molecule is COc1ccc(C(=O)N(Cc2cccnc2)c2nc3c(OC)ccc(Cl)c3s2)cc1OC. The summed E-state index contributed by atoms with van der Waals surface area (Å²) in [5.41, 5.74) is 1.90. The van der Waals surface area contributed by atoms with Crippen LogP contribution in [0.4, 0.5) is 5.13 Å². The summed E-state index contributed by atoms with van der Waals surface area (Å²) < 4.78 is 16.8. The fraction of sp³-hybridized carbons (Fsp3) is 0.174. The number of ether oxygens (including phenoxy) is 3. The number of fused-ring (bicyclic) bond motifs is 1. The Morgan fingerprint density at radius 3 is 2.47 bits per heavy atom. The predicted molar refractivity (Wildman–Crippen MR) is 125 cm³/mol. The summed E-state index contributed by atoms with van der Waals surface area (Å²) in [5, 5.41) is 1.04. The molecule has 164 valence electrons. The summed E-state index contributed by atoms with van der Waals surface area (Å²) in [5.74, 6) is 1.35. The van der Waals surface area contributed by atoms with Crippen molar-refractivity contribution in [3.8, 4) is 17.2 Å². The highest BCUT2D eigenvalue weighted by atomic mass is 35.5. The molecule has 1 amide bonds. The summed E-state index contributed by atoms with van der Waals surface area (Å²) in [7, 11) is 4.65. The monoisotopic (exact) mass is 469 g/mol. The van der Waals surface area contributed by atoms with E-state index < -0.39 is 0 Å². The molecule has 0 aliphatic carbocycles. The van der Waals surface area contributed by atoms with Crippen LogP contribution < -0.4 is 19.1 Å². The number of aromatic nitrogens is 2. The maximum Gasteiger partial charge on any atom is 0.260 e. The summed E-state index contributed by atoms with van der Waals surface area (Å²) in [6, 6.07) is 12.3. The Hall–Kier alpha value is -3.36. The molecule has 2 aromatic heterocycles. The molecule has 0 N–H and O–H groups in total. The van der Waals surface area contributed by atoms with Gasteiger partial charge in [0.1, 0.15) is 11.3 Å². The fourth-order valence-electron chi connectivity index (χ4n) is 3.25. The van der Waals surface area contributed by atoms with E-state index in [-0.39, 0.29) is 12.5 Å². The third-order valence-corrected chi connectivity index (χ3v) is 6.38. The van der Waals surface area contributed by atoms with E-state index in [1.54, 1.807) is 61.8 Å². The Morgan fingerprint density at radius 1 is 1.03 bits per heavy atom. The smallest absolute Gasteiger partial charge is 0.260 e. The van der Waals surface area contributed by atoms with Crippen molar-refractivity contribution in [1.29, 1.82) is 0 Å². The molecule has 4 rings (SSSR count). The minimum Gasteiger partial charge on any atom is -0.494 e. The van der Waals surface area contributed by atoms with Gasteiger partial charge in [-0.2, -0.15) is 0 Å². The Bertz CT molecular complexity index is 1260. The molecule has 0 saturated carbocycles. The topological polar surface area (TPSA) is 73.8 Å². The number of halogens is 1. The molecule has 0 spiro atoms. The average molecular weight is 470 g/mol. The number of thiazole rings is 1. The third kappa shape index (κ3) is 4.19. The second kappa shape index (κ2) is 9.42. The number of rotatable bonds is 7. The van der Waals surface area contributed by atoms with Crippen molar-refractivity contribution < 1.29 is 19.0 Å². The van der Waals surface area contributed by atoms with Crippen molar-refractivity contribution in [2.75, 3.05) is 26.2 Å². The van der Waals surface area contributed by atoms with Crippen LogP contribution in [0.3, 0.4) is 0 Å². The van der Waals surface area contributed by atoms with Crippen LogP contribution in [0.5, 0.6) is 17.2 Å². The number of methoxy groups -OCH3 is 3. The maximum atomic E-state index is 13.6. The highest BCUT2D eigenvalue weighted by molar-refractivity contribution is 7.23. The van der Waals surface area contributed by atoms with Gasteiger partial charge in [0.15, 0.2) is 16.6 Å². The number of carbonyl (C=O) groups is 1. The number of hydrogen-bond acceptors (Lipinski definition) is 7. The lowest BCUT2D eigenvalue weighted by Gasteiger charge is -2.20. The van der Waals surface area contributed by atoms with Crippen molar-refractivity contribution in [3.63, 3.8) is 0 Å². The molecule has 0 saturated heterocycles. The minimum absolute atomic E-state index is 0.246. The van der Waals surface area contributed by atoms with Gasteiger partial charge in [0.05, 0.1) is 37.6 Å². The first-order valence-electron chi connectivity index (χ1n) is 9.61. The van der Waals surface area contributed by atoms with E-state index >= 15 is 0 Å². The minimum atomic E-state index is -0.246. The number of anilines is 1. The fourth-order valence-corrected chi connectivity index (χ4v) is 4.50. The quantitative estimate of drug-likeness (QED) is 0.369. The van der Waals surface area contributed by atoms with Crippen LogP contribution in [0.2, 0.25) is 5.02 Å². The maximum absolute atomic E-state index is 13.6. The molecular weight excluding hydrogens is 450 g/mol. The second-order valence-electron chi connectivity index (χ2n) is 6.75. The molecule has 0 radical (unpaired) electrons. The number of hydrogen-bond donors (Lipinski definition) is 0. The average Bonchev–Trinajstić information content (AvgIpc) is 3.28. The summed E-state index contributed by atoms with van der Waals surface area (Å²) >= 11 is 7.73. The molecule has 9 heteroatoms. The first-order valence-corrected chi connectivity index (χ1v) is 10.8. The van der Waals surface area contributed by atoms with Gasteiger partial charge in [-0.1, -0.05) is 29.0 Å². The molecule has 32 heavy (non-hydrogen) atoms. The van der Waals surface area contributed by atoms with Gasteiger partial charge in [-0.25, -0.2) is 4.98 Å². The molecule has 2 heterocycles. The van der Waals surface area contributed by atoms with Crippen LogP contribution >= 0.6 is 22.9 Å². The number of carbonyl (C=O) groups excluding carboxylic acids is 1. The Kier molecular flexibility index (Phi) is 6.43. The van der Waals surface area contributed by atoms with Gasteiger partial charge in [0, 0.05) is 18.0 Å². The normalized spacial score (nSPS) is 10.8. The van der Waals surface area contributed by atoms with E-state index in [0.29, 0.717) is 38.5 Å². The van der Waals surface area contributed by atoms with Gasteiger partial charge in [0.25, 0.3) is 5.91 Å². The molecule has 0 aliphatic rings. The molecular formula is C23H20ClN3O4S. The molecule has 0 fully saturated rings. The first kappa shape index (κ1) is 21.9. The molecule has 0 unspecified atom stereocenters. The summed E-state index contributed by atoms with van der Waals surface area (Å²) in [6.07, 6.45) is 3.40. The molecule has 7 nitrogen and oxygen atoms in total. The van der Waals surface area contributed by atoms with Crippen molar-refractivity contribution in [1.82, 2.24) is 9.97 Å². The standard InChI is InChI=1S/C23H20ClN3O4S/c1-29-17-8-6-15(11-19(17)31-3)22(28)27(13-14-5-4-10-25-12-14)23-26-20-18(30-2)9-7-16(24)21(20)32-23/h4-12H,13H2,1-3H3. The molecule has 4 aromatic rings. The van der Waals surface area contributed by atoms with Crippen LogP contribution in [0.15, 0.2) is 54.9 Å². The number of amides is 1. The zero-order valence-corrected chi connectivity index (χ0v) is 19.2. The van der Waals surface area contributed by atoms with Crippen LogP contribution in [-0.2, 0) is 6.54 Å². The number of pyridine rings is 1. The van der Waals surface area contributed by atoms with Crippen molar-refractivity contribution in [2.45, 2.75) is 6.54 Å². The van der Waals surface area contributed by atoms with Crippen molar-refractivity contribution in [3.05, 3.63) is 71.0 Å². The lowest BCUT2D eigenvalue weighted by molar-refractivity contribution is 0.0984. The van der Waals surface area contributed by atoms with Gasteiger partial charge in [-0.05, 0) is 42.0 Å². The zero-order chi connectivity index (χ0) is 22.7. The molecule has 2 aromatic carbocycles. The second-order valence-corrected chi connectivity index (χ2v) is 8.13. The van der Waals surface area contributed by atoms with E-state index in [2.05, 4.69) is 4.98 Å². The van der Waals surface area contributed by atoms with Crippen LogP contribution in [0, 0.1) is 0 Å². The Balaban J connectivity index is 1.82. The van der Waals surface area contributed by atoms with Crippen LogP contribution in [-0.4, -0.2) is 37.2 Å². The Morgan fingerprint density at radius 2 is 1.78 bits per heavy atom. The van der Waals surface area contributed by atoms with Crippen molar-refractivity contribution >= 4 is 44.2 Å². The number of benzene rings is 2. The summed E-state index contributed by atoms with van der Waals surface area (Å²) in [4.78, 5) is 24.1. The van der Waals surface area contributed by atoms with E-state index in [9.17, 15) is 4.79 Å². The molecule has 0 bridgehead atoms. The van der Waals surface area contributed by atoms with Gasteiger partial charge in [-0.15, -0.1) is 0 Å². The molecule has 0 aliphatic heterocycles. The largest absolute Gasteiger partial charge is 0.494 e. The van der Waals surface area contributed by atoms with E-state index in [0.717, 1.165) is 10.3 Å². The lowest BCUT2D eigenvalue weighted by atomic mass is 10.1. The predicted octanol–water partition coefficient (Wildman–Crippen LogP) is 5.22. The number of nitrogens with zero attached hydrogens (tertiary/aromatic N) is 3. The van der Waals surface area contributed by atoms with Gasteiger partial charge in [0.2, 0.25) is 0 Å². The highest BCUT2D eigenvalue weighted by Crippen LogP contribution is 2.39. The summed E-state index contributed by atoms with van der Waals surface area (Å²) in [6.45, 7) is 0.279. The van der Waals surface area contributed by atoms with Crippen LogP contribution in [0.25, 0.3) is 10.2 Å². The van der Waals surface area contributed by atoms with E-state index in [1.165, 1.54) is 18.4 Å². The van der Waals surface area contributed by atoms with Gasteiger partial charge in [-0.3, -0.25) is 14.7 Å².